The summed E-state index contributed by atoms with van der Waals surface area (Å²) in [7, 11) is -2.07. The van der Waals surface area contributed by atoms with E-state index in [1.807, 2.05) is 18.7 Å². The van der Waals surface area contributed by atoms with Crippen molar-refractivity contribution >= 4 is 27.4 Å². The van der Waals surface area contributed by atoms with Crippen molar-refractivity contribution in [1.29, 1.82) is 0 Å². The van der Waals surface area contributed by atoms with Crippen LogP contribution in [0.5, 0.6) is 11.6 Å². The van der Waals surface area contributed by atoms with Crippen LogP contribution in [-0.4, -0.2) is 66.0 Å². The second-order valence-electron chi connectivity index (χ2n) is 10.0. The van der Waals surface area contributed by atoms with Gasteiger partial charge in [-0.1, -0.05) is 0 Å². The first-order valence-corrected chi connectivity index (χ1v) is 14.1. The highest BCUT2D eigenvalue weighted by molar-refractivity contribution is 7.92. The summed E-state index contributed by atoms with van der Waals surface area (Å²) in [5.74, 6) is -0.131. The van der Waals surface area contributed by atoms with E-state index in [0.29, 0.717) is 25.7 Å². The Balaban J connectivity index is 1.30. The van der Waals surface area contributed by atoms with E-state index in [1.54, 1.807) is 0 Å². The van der Waals surface area contributed by atoms with Crippen molar-refractivity contribution < 1.29 is 31.8 Å². The minimum Gasteiger partial charge on any atom is -0.489 e. The second kappa shape index (κ2) is 9.96. The fourth-order valence-corrected chi connectivity index (χ4v) is 6.80. The lowest BCUT2D eigenvalue weighted by molar-refractivity contribution is 0.0202. The van der Waals surface area contributed by atoms with E-state index < -0.39 is 20.9 Å². The van der Waals surface area contributed by atoms with Crippen molar-refractivity contribution in [3.8, 4) is 11.6 Å². The summed E-state index contributed by atoms with van der Waals surface area (Å²) in [6.07, 6.45) is 4.87. The highest BCUT2D eigenvalue weighted by Crippen LogP contribution is 2.41. The van der Waals surface area contributed by atoms with Gasteiger partial charge in [-0.15, -0.1) is 0 Å². The number of ether oxygens (including phenoxy) is 3. The topological polar surface area (TPSA) is 120 Å². The number of hydrogen-bond acceptors (Lipinski definition) is 9. The van der Waals surface area contributed by atoms with Gasteiger partial charge >= 0.3 is 6.09 Å². The number of piperidine rings is 1. The van der Waals surface area contributed by atoms with Gasteiger partial charge in [0.05, 0.1) is 29.0 Å². The lowest BCUT2D eigenvalue weighted by Crippen LogP contribution is -2.49. The molecule has 1 aliphatic carbocycles. The molecule has 3 atom stereocenters. The molecule has 1 amide bonds. The average Bonchev–Trinajstić information content (AvgIpc) is 3.66. The lowest BCUT2D eigenvalue weighted by atomic mass is 10.0. The monoisotopic (exact) mass is 534 g/mol. The summed E-state index contributed by atoms with van der Waals surface area (Å²) in [4.78, 5) is 22.7. The third-order valence-corrected chi connectivity index (χ3v) is 9.24. The lowest BCUT2D eigenvalue weighted by Gasteiger charge is -2.38. The molecule has 3 aliphatic rings. The van der Waals surface area contributed by atoms with Crippen LogP contribution in [-0.2, 0) is 14.6 Å². The van der Waals surface area contributed by atoms with Gasteiger partial charge in [-0.3, -0.25) is 0 Å². The van der Waals surface area contributed by atoms with Crippen LogP contribution in [0.4, 0.5) is 20.7 Å². The minimum absolute atomic E-state index is 0.0277. The second-order valence-corrected chi connectivity index (χ2v) is 12.2. The Hall–Kier alpha value is -3.15. The number of benzene rings is 1. The maximum Gasteiger partial charge on any atom is 0.410 e. The summed E-state index contributed by atoms with van der Waals surface area (Å²) in [6, 6.07) is 3.84. The van der Waals surface area contributed by atoms with E-state index in [4.69, 9.17) is 14.2 Å². The molecule has 2 aromatic rings. The number of hydrogen-bond donors (Lipinski definition) is 1. The summed E-state index contributed by atoms with van der Waals surface area (Å²) < 4.78 is 56.8. The molecule has 1 saturated carbocycles. The van der Waals surface area contributed by atoms with Crippen molar-refractivity contribution in [3.05, 3.63) is 30.3 Å². The van der Waals surface area contributed by atoms with Gasteiger partial charge in [0.2, 0.25) is 5.75 Å². The fourth-order valence-electron chi connectivity index (χ4n) is 5.13. The van der Waals surface area contributed by atoms with Crippen LogP contribution in [0.3, 0.4) is 0 Å². The van der Waals surface area contributed by atoms with Crippen LogP contribution in [0.25, 0.3) is 0 Å². The van der Waals surface area contributed by atoms with Gasteiger partial charge in [-0.05, 0) is 57.7 Å². The largest absolute Gasteiger partial charge is 0.489 e. The number of anilines is 2. The Morgan fingerprint density at radius 1 is 1.14 bits per heavy atom. The first-order chi connectivity index (χ1) is 17.7. The fraction of sp³-hybridized carbons (Fsp3) is 0.560. The number of nitrogens with zero attached hydrogens (tertiary/aromatic N) is 3. The van der Waals surface area contributed by atoms with Crippen LogP contribution in [0, 0.1) is 5.82 Å². The molecule has 2 bridgehead atoms. The molecule has 3 fully saturated rings. The summed E-state index contributed by atoms with van der Waals surface area (Å²) in [5.41, 5.74) is 0.0488. The Morgan fingerprint density at radius 2 is 1.84 bits per heavy atom. The standard InChI is InChI=1S/C25H31FN4O6S/c1-14(2)35-25(31)30-15-4-5-16(30)11-17(10-15)36-24-22(34-3)23(27-13-28-24)29-21-9-8-19(12-20(21)26)37(32,33)18-6-7-18/h8-9,12-18H,4-7,10-11H2,1-3H3,(H,27,28,29)/t15-,16?,17?/m0/s1. The van der Waals surface area contributed by atoms with Gasteiger partial charge in [-0.2, -0.15) is 4.98 Å². The molecule has 2 aliphatic heterocycles. The molecule has 0 spiro atoms. The quantitative estimate of drug-likeness (QED) is 0.531. The highest BCUT2D eigenvalue weighted by Gasteiger charge is 2.45. The number of aromatic nitrogens is 2. The third-order valence-electron chi connectivity index (χ3n) is 6.98. The van der Waals surface area contributed by atoms with Crippen molar-refractivity contribution in [3.63, 3.8) is 0 Å². The maximum absolute atomic E-state index is 14.8. The number of nitrogens with one attached hydrogen (secondary N) is 1. The van der Waals surface area contributed by atoms with E-state index in [9.17, 15) is 17.6 Å². The van der Waals surface area contributed by atoms with Gasteiger partial charge in [-0.25, -0.2) is 22.6 Å². The van der Waals surface area contributed by atoms with E-state index in [0.717, 1.165) is 18.9 Å². The molecule has 5 rings (SSSR count). The maximum atomic E-state index is 14.8. The zero-order valence-electron chi connectivity index (χ0n) is 21.0. The van der Waals surface area contributed by atoms with Gasteiger partial charge in [0.15, 0.2) is 15.7 Å². The predicted molar refractivity (Wildman–Crippen MR) is 132 cm³/mol. The number of carbonyl (C=O) groups excluding carboxylic acids is 1. The summed E-state index contributed by atoms with van der Waals surface area (Å²) in [5, 5.41) is 2.45. The Kier molecular flexibility index (Phi) is 6.86. The van der Waals surface area contributed by atoms with Gasteiger partial charge in [0.1, 0.15) is 18.2 Å². The predicted octanol–water partition coefficient (Wildman–Crippen LogP) is 4.22. The molecule has 3 heterocycles. The average molecular weight is 535 g/mol. The molecular formula is C25H31FN4O6S. The summed E-state index contributed by atoms with van der Waals surface area (Å²) in [6.45, 7) is 3.66. The number of sulfone groups is 1. The Labute approximate surface area is 215 Å². The van der Waals surface area contributed by atoms with Crippen molar-refractivity contribution in [2.45, 2.75) is 86.8 Å². The third kappa shape index (κ3) is 5.16. The number of rotatable bonds is 8. The van der Waals surface area contributed by atoms with Gasteiger partial charge in [0, 0.05) is 24.9 Å². The zero-order valence-corrected chi connectivity index (χ0v) is 21.8. The number of halogens is 1. The zero-order chi connectivity index (χ0) is 26.3. The molecule has 200 valence electrons. The Morgan fingerprint density at radius 3 is 2.43 bits per heavy atom. The minimum atomic E-state index is -3.50. The van der Waals surface area contributed by atoms with E-state index >= 15 is 0 Å². The highest BCUT2D eigenvalue weighted by atomic mass is 32.2. The van der Waals surface area contributed by atoms with Crippen LogP contribution in [0.1, 0.15) is 52.4 Å². The molecule has 12 heteroatoms. The van der Waals surface area contributed by atoms with Gasteiger partial charge < -0.3 is 24.4 Å². The number of methoxy groups -OCH3 is 1. The van der Waals surface area contributed by atoms with E-state index in [2.05, 4.69) is 15.3 Å². The first kappa shape index (κ1) is 25.5. The van der Waals surface area contributed by atoms with Crippen LogP contribution in [0.15, 0.2) is 29.4 Å². The van der Waals surface area contributed by atoms with Crippen molar-refractivity contribution in [1.82, 2.24) is 14.9 Å². The number of fused-ring (bicyclic) bond motifs is 2. The van der Waals surface area contributed by atoms with Gasteiger partial charge in [0.25, 0.3) is 5.88 Å². The van der Waals surface area contributed by atoms with E-state index in [1.165, 1.54) is 25.6 Å². The molecule has 2 unspecified atom stereocenters. The van der Waals surface area contributed by atoms with Crippen molar-refractivity contribution in [2.24, 2.45) is 0 Å². The van der Waals surface area contributed by atoms with Crippen LogP contribution >= 0.6 is 0 Å². The van der Waals surface area contributed by atoms with Crippen LogP contribution in [0.2, 0.25) is 0 Å². The molecule has 1 aromatic carbocycles. The smallest absolute Gasteiger partial charge is 0.410 e. The molecule has 37 heavy (non-hydrogen) atoms. The molecule has 1 N–H and O–H groups in total. The first-order valence-electron chi connectivity index (χ1n) is 12.5. The molecule has 1 aromatic heterocycles. The molecule has 10 nitrogen and oxygen atoms in total. The van der Waals surface area contributed by atoms with Crippen LogP contribution < -0.4 is 14.8 Å². The molecule has 0 radical (unpaired) electrons. The number of carbonyl (C=O) groups is 1. The summed E-state index contributed by atoms with van der Waals surface area (Å²) >= 11 is 0. The van der Waals surface area contributed by atoms with Crippen molar-refractivity contribution in [2.75, 3.05) is 12.4 Å². The molecular weight excluding hydrogens is 503 g/mol. The van der Waals surface area contributed by atoms with E-state index in [-0.39, 0.29) is 58.4 Å². The number of amides is 1. The molecule has 2 saturated heterocycles. The Bertz CT molecular complexity index is 1270. The SMILES string of the molecule is COc1c(Nc2ccc(S(=O)(=O)C3CC3)cc2F)ncnc1OC1CC2CC[C@@H](C1)N2C(=O)OC(C)C. The normalized spacial score (nSPS) is 23.2.